The van der Waals surface area contributed by atoms with E-state index in [1.807, 2.05) is 39.0 Å². The average Bonchev–Trinajstić information content (AvgIpc) is 3.32. The van der Waals surface area contributed by atoms with Crippen molar-refractivity contribution in [3.63, 3.8) is 0 Å². The lowest BCUT2D eigenvalue weighted by Crippen LogP contribution is -2.22. The van der Waals surface area contributed by atoms with Crippen LogP contribution in [0, 0.1) is 5.92 Å². The lowest BCUT2D eigenvalue weighted by Gasteiger charge is -2.19. The Labute approximate surface area is 217 Å². The van der Waals surface area contributed by atoms with Gasteiger partial charge in [-0.25, -0.2) is 4.98 Å². The predicted molar refractivity (Wildman–Crippen MR) is 140 cm³/mol. The summed E-state index contributed by atoms with van der Waals surface area (Å²) >= 11 is 6.48. The number of benzene rings is 1. The number of carbonyl (C=O) groups is 1. The number of carbonyl (C=O) groups excluding carboxylic acids is 1. The number of hydrogen-bond acceptors (Lipinski definition) is 6. The van der Waals surface area contributed by atoms with Gasteiger partial charge in [0.1, 0.15) is 24.0 Å². The molecule has 1 aliphatic carbocycles. The van der Waals surface area contributed by atoms with E-state index in [4.69, 9.17) is 21.1 Å². The predicted octanol–water partition coefficient (Wildman–Crippen LogP) is 6.09. The van der Waals surface area contributed by atoms with Crippen molar-refractivity contribution in [3.05, 3.63) is 53.2 Å². The Balaban J connectivity index is 1.39. The average molecular weight is 512 g/mol. The molecule has 0 radical (unpaired) electrons. The van der Waals surface area contributed by atoms with E-state index in [1.165, 1.54) is 32.1 Å². The Bertz CT molecular complexity index is 1170. The Morgan fingerprint density at radius 3 is 2.69 bits per heavy atom. The van der Waals surface area contributed by atoms with Gasteiger partial charge in [0.15, 0.2) is 0 Å². The van der Waals surface area contributed by atoms with E-state index in [9.17, 15) is 4.79 Å². The minimum atomic E-state index is -0.385. The van der Waals surface area contributed by atoms with E-state index in [0.29, 0.717) is 35.7 Å². The molecule has 1 fully saturated rings. The summed E-state index contributed by atoms with van der Waals surface area (Å²) in [5.41, 5.74) is 1.37. The van der Waals surface area contributed by atoms with Gasteiger partial charge >= 0.3 is 0 Å². The van der Waals surface area contributed by atoms with E-state index < -0.39 is 0 Å². The Kier molecular flexibility index (Phi) is 8.59. The molecule has 1 saturated carbocycles. The number of rotatable bonds is 9. The van der Waals surface area contributed by atoms with Crippen LogP contribution in [0.25, 0.3) is 11.1 Å². The standard InChI is InChI=1S/C27H34ClN5O3/c1-27(2,3)36-14-13-35-20-9-10-22(28)21(17-20)19-11-12-29-23(16-19)31-26(34)25-30-24(32-33-25)15-18-7-5-4-6-8-18/h9-12,16-18H,4-8,13-15H2,1-3H3,(H,29,31,34)(H,30,32,33). The van der Waals surface area contributed by atoms with Crippen molar-refractivity contribution in [2.24, 2.45) is 5.92 Å². The maximum absolute atomic E-state index is 12.8. The van der Waals surface area contributed by atoms with E-state index in [2.05, 4.69) is 25.5 Å². The van der Waals surface area contributed by atoms with Crippen molar-refractivity contribution in [2.75, 3.05) is 18.5 Å². The van der Waals surface area contributed by atoms with E-state index in [-0.39, 0.29) is 17.3 Å². The summed E-state index contributed by atoms with van der Waals surface area (Å²) in [6.45, 7) is 6.93. The quantitative estimate of drug-likeness (QED) is 0.337. The van der Waals surface area contributed by atoms with Crippen molar-refractivity contribution in [1.82, 2.24) is 20.2 Å². The first-order valence-electron chi connectivity index (χ1n) is 12.5. The molecule has 0 saturated heterocycles. The van der Waals surface area contributed by atoms with Crippen LogP contribution in [-0.2, 0) is 11.2 Å². The number of hydrogen-bond donors (Lipinski definition) is 2. The number of halogens is 1. The fraction of sp³-hybridized carbons (Fsp3) is 0.481. The highest BCUT2D eigenvalue weighted by molar-refractivity contribution is 6.33. The minimum absolute atomic E-state index is 0.180. The van der Waals surface area contributed by atoms with Gasteiger partial charge in [0, 0.05) is 23.2 Å². The molecule has 8 nitrogen and oxygen atoms in total. The number of pyridine rings is 1. The zero-order valence-corrected chi connectivity index (χ0v) is 21.9. The zero-order valence-electron chi connectivity index (χ0n) is 21.1. The monoisotopic (exact) mass is 511 g/mol. The Morgan fingerprint density at radius 1 is 1.11 bits per heavy atom. The number of anilines is 1. The van der Waals surface area contributed by atoms with Crippen LogP contribution in [0.3, 0.4) is 0 Å². The van der Waals surface area contributed by atoms with E-state index >= 15 is 0 Å². The molecular formula is C27H34ClN5O3. The lowest BCUT2D eigenvalue weighted by atomic mass is 9.87. The fourth-order valence-electron chi connectivity index (χ4n) is 4.32. The van der Waals surface area contributed by atoms with Gasteiger partial charge in [0.2, 0.25) is 5.82 Å². The summed E-state index contributed by atoms with van der Waals surface area (Å²) in [4.78, 5) is 20.1. The fourth-order valence-corrected chi connectivity index (χ4v) is 4.55. The van der Waals surface area contributed by atoms with Crippen molar-refractivity contribution in [1.29, 1.82) is 0 Å². The van der Waals surface area contributed by atoms with Crippen LogP contribution in [-0.4, -0.2) is 44.9 Å². The number of nitrogens with one attached hydrogen (secondary N) is 2. The molecule has 3 aromatic rings. The van der Waals surface area contributed by atoms with Gasteiger partial charge in [0.05, 0.1) is 12.2 Å². The number of amides is 1. The molecule has 2 N–H and O–H groups in total. The number of H-pyrrole nitrogens is 1. The molecule has 192 valence electrons. The third-order valence-electron chi connectivity index (χ3n) is 6.09. The molecule has 2 heterocycles. The molecule has 36 heavy (non-hydrogen) atoms. The van der Waals surface area contributed by atoms with Gasteiger partial charge in [-0.1, -0.05) is 43.7 Å². The number of aromatic nitrogens is 4. The summed E-state index contributed by atoms with van der Waals surface area (Å²) in [5.74, 6) is 2.23. The van der Waals surface area contributed by atoms with Gasteiger partial charge in [-0.3, -0.25) is 4.79 Å². The van der Waals surface area contributed by atoms with Crippen LogP contribution >= 0.6 is 11.6 Å². The van der Waals surface area contributed by atoms with Crippen molar-refractivity contribution in [2.45, 2.75) is 64.9 Å². The minimum Gasteiger partial charge on any atom is -0.491 e. The number of aromatic amines is 1. The summed E-state index contributed by atoms with van der Waals surface area (Å²) < 4.78 is 11.5. The highest BCUT2D eigenvalue weighted by Gasteiger charge is 2.18. The molecular weight excluding hydrogens is 478 g/mol. The van der Waals surface area contributed by atoms with Crippen molar-refractivity contribution in [3.8, 4) is 16.9 Å². The normalized spacial score (nSPS) is 14.6. The zero-order chi connectivity index (χ0) is 25.5. The molecule has 1 aliphatic rings. The first-order chi connectivity index (χ1) is 17.3. The van der Waals surface area contributed by atoms with Crippen molar-refractivity contribution < 1.29 is 14.3 Å². The topological polar surface area (TPSA) is 102 Å². The molecule has 9 heteroatoms. The molecule has 2 aromatic heterocycles. The van der Waals surface area contributed by atoms with Crippen LogP contribution < -0.4 is 10.1 Å². The molecule has 1 aromatic carbocycles. The lowest BCUT2D eigenvalue weighted by molar-refractivity contribution is -0.0162. The third-order valence-corrected chi connectivity index (χ3v) is 6.42. The maximum Gasteiger partial charge on any atom is 0.294 e. The summed E-state index contributed by atoms with van der Waals surface area (Å²) in [6, 6.07) is 9.08. The maximum atomic E-state index is 12.8. The summed E-state index contributed by atoms with van der Waals surface area (Å²) in [6.07, 6.45) is 8.70. The summed E-state index contributed by atoms with van der Waals surface area (Å²) in [7, 11) is 0. The van der Waals surface area contributed by atoms with Crippen molar-refractivity contribution >= 4 is 23.3 Å². The Hall–Kier alpha value is -2.97. The highest BCUT2D eigenvalue weighted by atomic mass is 35.5. The van der Waals surface area contributed by atoms with E-state index in [1.54, 1.807) is 18.3 Å². The number of nitrogens with zero attached hydrogens (tertiary/aromatic N) is 3. The largest absolute Gasteiger partial charge is 0.491 e. The number of ether oxygens (including phenoxy) is 2. The van der Waals surface area contributed by atoms with Crippen LogP contribution in [0.1, 0.15) is 69.3 Å². The molecule has 0 aliphatic heterocycles. The molecule has 1 amide bonds. The first kappa shape index (κ1) is 26.1. The van der Waals surface area contributed by atoms with Gasteiger partial charge in [-0.2, -0.15) is 0 Å². The van der Waals surface area contributed by atoms with Gasteiger partial charge in [-0.15, -0.1) is 10.2 Å². The second-order valence-corrected chi connectivity index (χ2v) is 10.6. The SMILES string of the molecule is CC(C)(C)OCCOc1ccc(Cl)c(-c2ccnc(NC(=O)c3nnc(CC4CCCCC4)[nH]3)c2)c1. The van der Waals surface area contributed by atoms with Gasteiger partial charge in [-0.05, 0) is 62.6 Å². The van der Waals surface area contributed by atoms with Gasteiger partial charge < -0.3 is 19.8 Å². The summed E-state index contributed by atoms with van der Waals surface area (Å²) in [5, 5.41) is 11.6. The highest BCUT2D eigenvalue weighted by Crippen LogP contribution is 2.32. The van der Waals surface area contributed by atoms with E-state index in [0.717, 1.165) is 23.4 Å². The van der Waals surface area contributed by atoms with Crippen LogP contribution in [0.15, 0.2) is 36.5 Å². The second-order valence-electron chi connectivity index (χ2n) is 10.2. The van der Waals surface area contributed by atoms with Crippen LogP contribution in [0.4, 0.5) is 5.82 Å². The molecule has 0 atom stereocenters. The molecule has 0 spiro atoms. The molecule has 0 bridgehead atoms. The molecule has 0 unspecified atom stereocenters. The first-order valence-corrected chi connectivity index (χ1v) is 12.9. The smallest absolute Gasteiger partial charge is 0.294 e. The van der Waals surface area contributed by atoms with Crippen LogP contribution in [0.2, 0.25) is 5.02 Å². The van der Waals surface area contributed by atoms with Gasteiger partial charge in [0.25, 0.3) is 5.91 Å². The third kappa shape index (κ3) is 7.51. The second kappa shape index (κ2) is 11.8. The van der Waals surface area contributed by atoms with Crippen LogP contribution in [0.5, 0.6) is 5.75 Å². The Morgan fingerprint density at radius 2 is 1.92 bits per heavy atom. The molecule has 4 rings (SSSR count).